The van der Waals surface area contributed by atoms with E-state index in [1.807, 2.05) is 19.2 Å². The van der Waals surface area contributed by atoms with E-state index < -0.39 is 0 Å². The zero-order chi connectivity index (χ0) is 21.0. The summed E-state index contributed by atoms with van der Waals surface area (Å²) in [6.07, 6.45) is 13.9. The number of aryl methyl sites for hydroxylation is 1. The molecule has 1 heterocycles. The van der Waals surface area contributed by atoms with Gasteiger partial charge < -0.3 is 10.2 Å². The number of rotatable bonds is 9. The Morgan fingerprint density at radius 1 is 1.17 bits per heavy atom. The third kappa shape index (κ3) is 4.76. The van der Waals surface area contributed by atoms with Crippen LogP contribution in [-0.4, -0.2) is 16.4 Å². The molecule has 29 heavy (non-hydrogen) atoms. The zero-order valence-corrected chi connectivity index (χ0v) is 18.4. The van der Waals surface area contributed by atoms with Gasteiger partial charge in [0.1, 0.15) is 11.5 Å². The van der Waals surface area contributed by atoms with Crippen LogP contribution in [-0.2, 0) is 6.42 Å². The molecular weight excluding hydrogens is 358 g/mol. The summed E-state index contributed by atoms with van der Waals surface area (Å²) in [5.74, 6) is 0.695. The molecule has 1 aromatic carbocycles. The van der Waals surface area contributed by atoms with Crippen molar-refractivity contribution >= 4 is 6.21 Å². The van der Waals surface area contributed by atoms with Gasteiger partial charge >= 0.3 is 0 Å². The van der Waals surface area contributed by atoms with Gasteiger partial charge in [-0.15, -0.1) is 0 Å². The molecule has 0 saturated heterocycles. The van der Waals surface area contributed by atoms with Gasteiger partial charge in [-0.2, -0.15) is 0 Å². The lowest BCUT2D eigenvalue weighted by Gasteiger charge is -2.25. The molecule has 3 atom stereocenters. The third-order valence-electron chi connectivity index (χ3n) is 6.59. The molecule has 2 N–H and O–H groups in total. The Labute approximate surface area is 176 Å². The van der Waals surface area contributed by atoms with Crippen LogP contribution in [0.15, 0.2) is 34.9 Å². The first-order chi connectivity index (χ1) is 13.9. The molecule has 1 unspecified atom stereocenters. The number of unbranched alkanes of at least 4 members (excludes halogenated alkanes) is 4. The first-order valence-corrected chi connectivity index (χ1v) is 11.4. The predicted octanol–water partition coefficient (Wildman–Crippen LogP) is 7.14. The fraction of sp³-hybridized carbons (Fsp3) is 0.577. The maximum atomic E-state index is 11.4. The average Bonchev–Trinajstić information content (AvgIpc) is 3.31. The summed E-state index contributed by atoms with van der Waals surface area (Å²) in [6, 6.07) is 1.92. The summed E-state index contributed by atoms with van der Waals surface area (Å²) in [5, 5.41) is 22.4. The van der Waals surface area contributed by atoms with Crippen molar-refractivity contribution in [2.75, 3.05) is 0 Å². The summed E-state index contributed by atoms with van der Waals surface area (Å²) in [4.78, 5) is 4.65. The topological polar surface area (TPSA) is 52.8 Å². The van der Waals surface area contributed by atoms with Crippen molar-refractivity contribution in [2.24, 2.45) is 10.9 Å². The second-order valence-electron chi connectivity index (χ2n) is 9.02. The number of aromatic hydroxyl groups is 2. The zero-order valence-electron chi connectivity index (χ0n) is 18.4. The van der Waals surface area contributed by atoms with Crippen LogP contribution < -0.4 is 0 Å². The van der Waals surface area contributed by atoms with Crippen LogP contribution in [0.5, 0.6) is 11.5 Å². The lowest BCUT2D eigenvalue weighted by atomic mass is 9.80. The van der Waals surface area contributed by atoms with Crippen molar-refractivity contribution in [2.45, 2.75) is 90.5 Å². The van der Waals surface area contributed by atoms with Gasteiger partial charge in [-0.1, -0.05) is 56.4 Å². The van der Waals surface area contributed by atoms with Crippen LogP contribution in [0.25, 0.3) is 0 Å². The van der Waals surface area contributed by atoms with Crippen molar-refractivity contribution in [3.05, 3.63) is 46.6 Å². The van der Waals surface area contributed by atoms with E-state index in [1.165, 1.54) is 31.3 Å². The summed E-state index contributed by atoms with van der Waals surface area (Å²) >= 11 is 0. The van der Waals surface area contributed by atoms with E-state index in [9.17, 15) is 10.2 Å². The molecule has 0 fully saturated rings. The Morgan fingerprint density at radius 3 is 2.59 bits per heavy atom. The Morgan fingerprint density at radius 2 is 1.93 bits per heavy atom. The number of hydrogen-bond acceptors (Lipinski definition) is 3. The number of benzene rings is 1. The fourth-order valence-corrected chi connectivity index (χ4v) is 5.02. The van der Waals surface area contributed by atoms with Gasteiger partial charge in [-0.25, -0.2) is 0 Å². The molecule has 1 aliphatic carbocycles. The Hall–Kier alpha value is -2.03. The molecule has 158 valence electrons. The predicted molar refractivity (Wildman–Crippen MR) is 122 cm³/mol. The summed E-state index contributed by atoms with van der Waals surface area (Å²) in [5.41, 5.74) is 5.07. The number of aliphatic imine (C=N–C) groups is 1. The summed E-state index contributed by atoms with van der Waals surface area (Å²) in [6.45, 7) is 10.6. The van der Waals surface area contributed by atoms with Crippen LogP contribution in [0.2, 0.25) is 0 Å². The molecule has 1 aliphatic heterocycles. The molecule has 3 rings (SSSR count). The van der Waals surface area contributed by atoms with Gasteiger partial charge in [0.05, 0.1) is 6.04 Å². The van der Waals surface area contributed by atoms with E-state index in [1.54, 1.807) is 0 Å². The molecule has 0 radical (unpaired) electrons. The van der Waals surface area contributed by atoms with Crippen molar-refractivity contribution < 1.29 is 10.2 Å². The van der Waals surface area contributed by atoms with Gasteiger partial charge in [-0.3, -0.25) is 4.99 Å². The van der Waals surface area contributed by atoms with E-state index in [-0.39, 0.29) is 29.4 Å². The van der Waals surface area contributed by atoms with E-state index >= 15 is 0 Å². The minimum absolute atomic E-state index is 0.00903. The van der Waals surface area contributed by atoms with Crippen LogP contribution in [0.3, 0.4) is 0 Å². The second kappa shape index (κ2) is 9.65. The minimum atomic E-state index is -0.0183. The van der Waals surface area contributed by atoms with E-state index in [4.69, 9.17) is 0 Å². The smallest absolute Gasteiger partial charge is 0.128 e. The van der Waals surface area contributed by atoms with Gasteiger partial charge in [0, 0.05) is 17.0 Å². The molecule has 0 bridgehead atoms. The van der Waals surface area contributed by atoms with Crippen molar-refractivity contribution in [3.8, 4) is 11.5 Å². The highest BCUT2D eigenvalue weighted by atomic mass is 16.3. The van der Waals surface area contributed by atoms with E-state index in [0.717, 1.165) is 48.8 Å². The number of nitrogens with zero attached hydrogens (tertiary/aromatic N) is 1. The molecule has 2 aliphatic rings. The Kier molecular flexibility index (Phi) is 7.21. The molecular formula is C26H37NO2. The van der Waals surface area contributed by atoms with Crippen LogP contribution in [0.1, 0.15) is 101 Å². The number of phenolic OH excluding ortho intramolecular Hbond substituents is 2. The molecule has 0 spiro atoms. The highest BCUT2D eigenvalue weighted by molar-refractivity contribution is 5.64. The van der Waals surface area contributed by atoms with Crippen LogP contribution in [0, 0.1) is 5.92 Å². The fourth-order valence-electron chi connectivity index (χ4n) is 5.02. The lowest BCUT2D eigenvalue weighted by Crippen LogP contribution is -2.10. The quantitative estimate of drug-likeness (QED) is 0.345. The van der Waals surface area contributed by atoms with Crippen molar-refractivity contribution in [1.82, 2.24) is 0 Å². The SMILES string of the molecule is C=C(C)[C@@H]1CC(C)=C[C@H]1c1c(O)cc(CCCCCCC)c(C2CCC=N2)c1O. The highest BCUT2D eigenvalue weighted by Crippen LogP contribution is 2.51. The molecule has 1 aromatic rings. The molecule has 3 nitrogen and oxygen atoms in total. The molecule has 0 saturated carbocycles. The summed E-state index contributed by atoms with van der Waals surface area (Å²) in [7, 11) is 0. The van der Waals surface area contributed by atoms with Gasteiger partial charge in [0.25, 0.3) is 0 Å². The second-order valence-corrected chi connectivity index (χ2v) is 9.02. The lowest BCUT2D eigenvalue weighted by molar-refractivity contribution is 0.414. The average molecular weight is 396 g/mol. The standard InChI is InChI=1S/C26H37NO2/c1-5-6-7-8-9-11-19-16-23(28)25(21-15-18(4)14-20(21)17(2)3)26(29)24(19)22-12-10-13-27-22/h13,15-16,20-22,28-29H,2,5-12,14H2,1,3-4H3/t20-,21+,22?/m0/s1. The Balaban J connectivity index is 1.97. The van der Waals surface area contributed by atoms with Crippen LogP contribution >= 0.6 is 0 Å². The number of hydrogen-bond donors (Lipinski definition) is 2. The van der Waals surface area contributed by atoms with E-state index in [0.29, 0.717) is 5.56 Å². The largest absolute Gasteiger partial charge is 0.507 e. The van der Waals surface area contributed by atoms with E-state index in [2.05, 4.69) is 31.5 Å². The first kappa shape index (κ1) is 21.7. The first-order valence-electron chi connectivity index (χ1n) is 11.4. The van der Waals surface area contributed by atoms with Crippen molar-refractivity contribution in [1.29, 1.82) is 0 Å². The van der Waals surface area contributed by atoms with Gasteiger partial charge in [-0.05, 0) is 69.7 Å². The maximum absolute atomic E-state index is 11.4. The number of allylic oxidation sites excluding steroid dienone is 3. The molecule has 0 aromatic heterocycles. The molecule has 3 heteroatoms. The monoisotopic (exact) mass is 395 g/mol. The van der Waals surface area contributed by atoms with Gasteiger partial charge in [0.2, 0.25) is 0 Å². The van der Waals surface area contributed by atoms with Crippen LogP contribution in [0.4, 0.5) is 0 Å². The minimum Gasteiger partial charge on any atom is -0.507 e. The molecule has 0 amide bonds. The number of phenols is 2. The third-order valence-corrected chi connectivity index (χ3v) is 6.59. The van der Waals surface area contributed by atoms with Gasteiger partial charge in [0.15, 0.2) is 0 Å². The maximum Gasteiger partial charge on any atom is 0.128 e. The Bertz CT molecular complexity index is 805. The summed E-state index contributed by atoms with van der Waals surface area (Å²) < 4.78 is 0. The normalized spacial score (nSPS) is 23.6. The van der Waals surface area contributed by atoms with Crippen molar-refractivity contribution in [3.63, 3.8) is 0 Å². The highest BCUT2D eigenvalue weighted by Gasteiger charge is 2.34.